The van der Waals surface area contributed by atoms with E-state index in [1.807, 2.05) is 0 Å². The maximum atomic E-state index is 13.7. The number of H-pyrrole nitrogens is 1. The average molecular weight is 373 g/mol. The molecule has 1 aliphatic carbocycles. The molecule has 2 aliphatic rings. The standard InChI is InChI=1S/C19H24FN5O2/c20-11-8-14(17(21)26)16-15(9-11)23-18(24-16)19(27)25-7-6-13(10-25)22-12-4-2-1-3-5-12/h8-9,12-13,22H,1-7,10H2,(H2,21,26)(H,23,24). The summed E-state index contributed by atoms with van der Waals surface area (Å²) in [7, 11) is 0. The molecule has 1 aliphatic heterocycles. The van der Waals surface area contributed by atoms with Crippen molar-refractivity contribution in [3.05, 3.63) is 29.3 Å². The topological polar surface area (TPSA) is 104 Å². The number of aromatic nitrogens is 2. The number of aromatic amines is 1. The Morgan fingerprint density at radius 1 is 1.19 bits per heavy atom. The van der Waals surface area contributed by atoms with E-state index in [2.05, 4.69) is 15.3 Å². The van der Waals surface area contributed by atoms with Gasteiger partial charge in [-0.3, -0.25) is 9.59 Å². The zero-order valence-electron chi connectivity index (χ0n) is 15.1. The summed E-state index contributed by atoms with van der Waals surface area (Å²) in [6, 6.07) is 3.09. The second-order valence-corrected chi connectivity index (χ2v) is 7.54. The Bertz CT molecular complexity index is 874. The molecule has 2 heterocycles. The summed E-state index contributed by atoms with van der Waals surface area (Å²) in [4.78, 5) is 33.2. The molecule has 8 heteroatoms. The number of nitrogens with one attached hydrogen (secondary N) is 2. The molecule has 1 aromatic carbocycles. The third-order valence-electron chi connectivity index (χ3n) is 5.57. The van der Waals surface area contributed by atoms with E-state index in [0.29, 0.717) is 30.7 Å². The monoisotopic (exact) mass is 373 g/mol. The van der Waals surface area contributed by atoms with Crippen LogP contribution in [0.5, 0.6) is 0 Å². The Morgan fingerprint density at radius 3 is 2.70 bits per heavy atom. The number of hydrogen-bond acceptors (Lipinski definition) is 4. The molecule has 7 nitrogen and oxygen atoms in total. The van der Waals surface area contributed by atoms with Gasteiger partial charge in [-0.05, 0) is 31.4 Å². The van der Waals surface area contributed by atoms with Gasteiger partial charge in [0.15, 0.2) is 5.82 Å². The Morgan fingerprint density at radius 2 is 1.96 bits per heavy atom. The second-order valence-electron chi connectivity index (χ2n) is 7.54. The van der Waals surface area contributed by atoms with E-state index in [1.165, 1.54) is 38.2 Å². The quantitative estimate of drug-likeness (QED) is 0.762. The van der Waals surface area contributed by atoms with Crippen LogP contribution in [-0.2, 0) is 0 Å². The minimum absolute atomic E-state index is 0.0291. The molecule has 2 fully saturated rings. The lowest BCUT2D eigenvalue weighted by Crippen LogP contribution is -2.41. The number of carbonyl (C=O) groups is 2. The lowest BCUT2D eigenvalue weighted by molar-refractivity contribution is 0.0777. The minimum atomic E-state index is -0.775. The van der Waals surface area contributed by atoms with E-state index in [9.17, 15) is 14.0 Å². The highest BCUT2D eigenvalue weighted by atomic mass is 19.1. The lowest BCUT2D eigenvalue weighted by atomic mass is 9.95. The van der Waals surface area contributed by atoms with Gasteiger partial charge in [0, 0.05) is 25.2 Å². The first kappa shape index (κ1) is 17.9. The summed E-state index contributed by atoms with van der Waals surface area (Å²) in [6.45, 7) is 1.28. The molecule has 2 amide bonds. The van der Waals surface area contributed by atoms with Crippen molar-refractivity contribution in [1.29, 1.82) is 0 Å². The normalized spacial score (nSPS) is 21.1. The number of halogens is 1. The summed E-state index contributed by atoms with van der Waals surface area (Å²) in [5, 5.41) is 3.68. The van der Waals surface area contributed by atoms with Crippen molar-refractivity contribution < 1.29 is 14.0 Å². The van der Waals surface area contributed by atoms with Crippen molar-refractivity contribution in [3.8, 4) is 0 Å². The van der Waals surface area contributed by atoms with Crippen LogP contribution < -0.4 is 11.1 Å². The zero-order chi connectivity index (χ0) is 19.0. The number of benzene rings is 1. The number of carbonyl (C=O) groups excluding carboxylic acids is 2. The second kappa shape index (κ2) is 7.26. The third-order valence-corrected chi connectivity index (χ3v) is 5.57. The maximum absolute atomic E-state index is 13.7. The van der Waals surface area contributed by atoms with Crippen LogP contribution in [0, 0.1) is 5.82 Å². The van der Waals surface area contributed by atoms with Gasteiger partial charge in [0.05, 0.1) is 11.1 Å². The van der Waals surface area contributed by atoms with Gasteiger partial charge in [0.1, 0.15) is 11.3 Å². The molecule has 144 valence electrons. The fraction of sp³-hybridized carbons (Fsp3) is 0.526. The molecule has 4 rings (SSSR count). The highest BCUT2D eigenvalue weighted by Gasteiger charge is 2.30. The van der Waals surface area contributed by atoms with Crippen molar-refractivity contribution in [1.82, 2.24) is 20.2 Å². The number of hydrogen-bond donors (Lipinski definition) is 3. The van der Waals surface area contributed by atoms with Crippen LogP contribution in [0.4, 0.5) is 4.39 Å². The minimum Gasteiger partial charge on any atom is -0.366 e. The summed E-state index contributed by atoms with van der Waals surface area (Å²) < 4.78 is 13.7. The molecule has 0 radical (unpaired) electrons. The van der Waals surface area contributed by atoms with Gasteiger partial charge in [-0.15, -0.1) is 0 Å². The summed E-state index contributed by atoms with van der Waals surface area (Å²) in [5.74, 6) is -1.51. The fourth-order valence-corrected chi connectivity index (χ4v) is 4.20. The number of imidazole rings is 1. The van der Waals surface area contributed by atoms with Gasteiger partial charge in [-0.25, -0.2) is 9.37 Å². The van der Waals surface area contributed by atoms with E-state index in [-0.39, 0.29) is 22.8 Å². The van der Waals surface area contributed by atoms with Crippen LogP contribution >= 0.6 is 0 Å². The lowest BCUT2D eigenvalue weighted by Gasteiger charge is -2.26. The number of fused-ring (bicyclic) bond motifs is 1. The summed E-state index contributed by atoms with van der Waals surface area (Å²) in [6.07, 6.45) is 7.16. The Hall–Kier alpha value is -2.48. The molecule has 1 unspecified atom stereocenters. The van der Waals surface area contributed by atoms with Crippen LogP contribution in [0.1, 0.15) is 59.5 Å². The summed E-state index contributed by atoms with van der Waals surface area (Å²) >= 11 is 0. The van der Waals surface area contributed by atoms with E-state index in [4.69, 9.17) is 5.73 Å². The van der Waals surface area contributed by atoms with E-state index >= 15 is 0 Å². The van der Waals surface area contributed by atoms with Gasteiger partial charge in [-0.1, -0.05) is 19.3 Å². The molecule has 4 N–H and O–H groups in total. The molecule has 2 aromatic rings. The Labute approximate surface area is 156 Å². The van der Waals surface area contributed by atoms with Crippen LogP contribution in [0.3, 0.4) is 0 Å². The summed E-state index contributed by atoms with van der Waals surface area (Å²) in [5.41, 5.74) is 5.79. The van der Waals surface area contributed by atoms with E-state index < -0.39 is 11.7 Å². The number of primary amides is 1. The molecule has 1 saturated heterocycles. The predicted octanol–water partition coefficient (Wildman–Crippen LogP) is 1.94. The first-order valence-electron chi connectivity index (χ1n) is 9.55. The molecule has 0 bridgehead atoms. The first-order chi connectivity index (χ1) is 13.0. The SMILES string of the molecule is NC(=O)c1cc(F)cc2[nH]c(C(=O)N3CCC(NC4CCCCC4)C3)nc12. The average Bonchev–Trinajstić information content (AvgIpc) is 3.28. The number of nitrogens with two attached hydrogens (primary N) is 1. The number of likely N-dealkylation sites (tertiary alicyclic amines) is 1. The molecule has 1 atom stereocenters. The predicted molar refractivity (Wildman–Crippen MR) is 98.9 cm³/mol. The van der Waals surface area contributed by atoms with E-state index in [1.54, 1.807) is 4.90 Å². The van der Waals surface area contributed by atoms with Gasteiger partial charge in [-0.2, -0.15) is 0 Å². The van der Waals surface area contributed by atoms with Crippen molar-refractivity contribution in [2.24, 2.45) is 5.73 Å². The van der Waals surface area contributed by atoms with Crippen molar-refractivity contribution in [2.45, 2.75) is 50.6 Å². The molecule has 27 heavy (non-hydrogen) atoms. The smallest absolute Gasteiger partial charge is 0.289 e. The highest BCUT2D eigenvalue weighted by Crippen LogP contribution is 2.22. The van der Waals surface area contributed by atoms with Crippen molar-refractivity contribution >= 4 is 22.8 Å². The van der Waals surface area contributed by atoms with Crippen molar-refractivity contribution in [3.63, 3.8) is 0 Å². The van der Waals surface area contributed by atoms with Gasteiger partial charge < -0.3 is 20.9 Å². The largest absolute Gasteiger partial charge is 0.366 e. The van der Waals surface area contributed by atoms with Gasteiger partial charge in [0.25, 0.3) is 11.8 Å². The number of nitrogens with zero attached hydrogens (tertiary/aromatic N) is 2. The van der Waals surface area contributed by atoms with Crippen LogP contribution in [0.25, 0.3) is 11.0 Å². The Balaban J connectivity index is 1.48. The molecular formula is C19H24FN5O2. The number of rotatable bonds is 4. The fourth-order valence-electron chi connectivity index (χ4n) is 4.20. The maximum Gasteiger partial charge on any atom is 0.289 e. The third kappa shape index (κ3) is 3.66. The number of amides is 2. The van der Waals surface area contributed by atoms with Crippen LogP contribution in [0.15, 0.2) is 12.1 Å². The van der Waals surface area contributed by atoms with Crippen LogP contribution in [0.2, 0.25) is 0 Å². The van der Waals surface area contributed by atoms with Crippen LogP contribution in [-0.4, -0.2) is 51.9 Å². The highest BCUT2D eigenvalue weighted by molar-refractivity contribution is 6.05. The van der Waals surface area contributed by atoms with Gasteiger partial charge >= 0.3 is 0 Å². The zero-order valence-corrected chi connectivity index (χ0v) is 15.1. The Kier molecular flexibility index (Phi) is 4.82. The van der Waals surface area contributed by atoms with Crippen molar-refractivity contribution in [2.75, 3.05) is 13.1 Å². The molecular weight excluding hydrogens is 349 g/mol. The van der Waals surface area contributed by atoms with Gasteiger partial charge in [0.2, 0.25) is 0 Å². The first-order valence-corrected chi connectivity index (χ1v) is 9.55. The molecule has 0 spiro atoms. The molecule has 1 aromatic heterocycles. The molecule has 1 saturated carbocycles. The van der Waals surface area contributed by atoms with E-state index in [0.717, 1.165) is 12.5 Å².